The molecule has 0 radical (unpaired) electrons. The van der Waals surface area contributed by atoms with Gasteiger partial charge in [0, 0.05) is 49.2 Å². The van der Waals surface area contributed by atoms with Crippen LogP contribution in [-0.4, -0.2) is 19.1 Å². The highest BCUT2D eigenvalue weighted by Gasteiger charge is 2.37. The van der Waals surface area contributed by atoms with Crippen molar-refractivity contribution in [3.05, 3.63) is 217 Å². The minimum absolute atomic E-state index is 0.140. The fourth-order valence-electron chi connectivity index (χ4n) is 11.4. The maximum Gasteiger partial charge on any atom is 0.0979 e. The second kappa shape index (κ2) is 13.3. The predicted octanol–water partition coefficient (Wildman–Crippen LogP) is 15.8. The quantitative estimate of drug-likeness (QED) is 0.177. The second-order valence-corrected chi connectivity index (χ2v) is 18.1. The van der Waals surface area contributed by atoms with Crippen molar-refractivity contribution in [2.75, 3.05) is 0 Å². The maximum absolute atomic E-state index is 5.48. The minimum Gasteiger partial charge on any atom is -0.309 e. The van der Waals surface area contributed by atoms with E-state index in [9.17, 15) is 0 Å². The molecule has 0 saturated carbocycles. The minimum atomic E-state index is -0.140. The molecule has 14 rings (SSSR count). The van der Waals surface area contributed by atoms with E-state index >= 15 is 0 Å². The van der Waals surface area contributed by atoms with Crippen LogP contribution in [0.5, 0.6) is 0 Å². The number of nitrogens with zero attached hydrogens (tertiary/aromatic N) is 4. The summed E-state index contributed by atoms with van der Waals surface area (Å²) in [5.74, 6) is 0. The fraction of sp³-hybridized carbons (Fsp3) is 0.0492. The zero-order valence-corrected chi connectivity index (χ0v) is 35.9. The van der Waals surface area contributed by atoms with Gasteiger partial charge in [0.25, 0.3) is 0 Å². The molecule has 0 spiro atoms. The van der Waals surface area contributed by atoms with Gasteiger partial charge in [-0.3, -0.25) is 0 Å². The molecule has 1 aliphatic rings. The number of para-hydroxylation sites is 4. The number of fused-ring (bicyclic) bond motifs is 13. The van der Waals surface area contributed by atoms with E-state index in [2.05, 4.69) is 229 Å². The maximum atomic E-state index is 5.48. The van der Waals surface area contributed by atoms with Crippen molar-refractivity contribution in [3.63, 3.8) is 0 Å². The first-order valence-corrected chi connectivity index (χ1v) is 22.5. The highest BCUT2D eigenvalue weighted by atomic mass is 15.0. The van der Waals surface area contributed by atoms with E-state index in [0.717, 1.165) is 50.3 Å². The predicted molar refractivity (Wildman–Crippen MR) is 272 cm³/mol. The van der Waals surface area contributed by atoms with Crippen molar-refractivity contribution in [3.8, 4) is 45.0 Å². The Morgan fingerprint density at radius 3 is 1.80 bits per heavy atom. The molecule has 0 saturated heterocycles. The Labute approximate surface area is 375 Å². The summed E-state index contributed by atoms with van der Waals surface area (Å²) < 4.78 is 4.99. The molecule has 4 nitrogen and oxygen atoms in total. The Bertz CT molecular complexity index is 4160. The van der Waals surface area contributed by atoms with E-state index in [4.69, 9.17) is 9.97 Å². The lowest BCUT2D eigenvalue weighted by molar-refractivity contribution is 0.660. The van der Waals surface area contributed by atoms with Crippen LogP contribution in [0.4, 0.5) is 0 Å². The molecule has 13 aromatic rings. The normalized spacial score (nSPS) is 13.2. The molecule has 10 aromatic carbocycles. The van der Waals surface area contributed by atoms with Crippen LogP contribution < -0.4 is 0 Å². The lowest BCUT2D eigenvalue weighted by atomic mass is 9.82. The molecule has 0 aliphatic heterocycles. The lowest BCUT2D eigenvalue weighted by Gasteiger charge is -2.21. The van der Waals surface area contributed by atoms with E-state index in [1.54, 1.807) is 0 Å². The summed E-state index contributed by atoms with van der Waals surface area (Å²) in [5, 5.41) is 9.85. The summed E-state index contributed by atoms with van der Waals surface area (Å²) in [4.78, 5) is 11.0. The number of rotatable bonds is 4. The summed E-state index contributed by atoms with van der Waals surface area (Å²) in [6, 6.07) is 75.2. The molecule has 0 amide bonds. The summed E-state index contributed by atoms with van der Waals surface area (Å²) >= 11 is 0. The van der Waals surface area contributed by atoms with Crippen LogP contribution >= 0.6 is 0 Å². The number of hydrogen-bond acceptors (Lipinski definition) is 2. The third kappa shape index (κ3) is 5.02. The van der Waals surface area contributed by atoms with Gasteiger partial charge in [-0.05, 0) is 86.9 Å². The van der Waals surface area contributed by atoms with E-state index in [1.807, 2.05) is 0 Å². The first kappa shape index (κ1) is 36.2. The smallest absolute Gasteiger partial charge is 0.0979 e. The molecule has 0 fully saturated rings. The van der Waals surface area contributed by atoms with Gasteiger partial charge in [0.2, 0.25) is 0 Å². The molecule has 3 aromatic heterocycles. The molecule has 0 bridgehead atoms. The molecular formula is C61H40N4. The van der Waals surface area contributed by atoms with Crippen LogP contribution in [0.15, 0.2) is 206 Å². The van der Waals surface area contributed by atoms with E-state index in [0.29, 0.717) is 0 Å². The van der Waals surface area contributed by atoms with Gasteiger partial charge >= 0.3 is 0 Å². The Hall–Kier alpha value is -8.34. The molecule has 0 unspecified atom stereocenters. The lowest BCUT2D eigenvalue weighted by Crippen LogP contribution is -2.14. The van der Waals surface area contributed by atoms with Crippen molar-refractivity contribution < 1.29 is 0 Å². The molecule has 1 aliphatic carbocycles. The first-order chi connectivity index (χ1) is 32.0. The SMILES string of the molecule is CC1(C)c2ccccc2-c2c(-c3nc4ccccc4nc3-c3cccc(-n4c5ccccc5c5c(-n6c7ccccc7c7c8ccccc8ccc76)c6ccccc6cc54)c3)cccc21. The van der Waals surface area contributed by atoms with Crippen molar-refractivity contribution in [1.29, 1.82) is 0 Å². The highest BCUT2D eigenvalue weighted by molar-refractivity contribution is 6.25. The third-order valence-electron chi connectivity index (χ3n) is 14.3. The molecule has 0 atom stereocenters. The van der Waals surface area contributed by atoms with Gasteiger partial charge in [0.05, 0.1) is 50.2 Å². The fourth-order valence-corrected chi connectivity index (χ4v) is 11.4. The van der Waals surface area contributed by atoms with E-state index in [-0.39, 0.29) is 5.41 Å². The molecule has 4 heteroatoms. The van der Waals surface area contributed by atoms with Gasteiger partial charge in [-0.1, -0.05) is 172 Å². The van der Waals surface area contributed by atoms with Crippen molar-refractivity contribution in [1.82, 2.24) is 19.1 Å². The van der Waals surface area contributed by atoms with E-state index < -0.39 is 0 Å². The molecule has 304 valence electrons. The van der Waals surface area contributed by atoms with Crippen LogP contribution in [0, 0.1) is 0 Å². The molecule has 65 heavy (non-hydrogen) atoms. The summed E-state index contributed by atoms with van der Waals surface area (Å²) in [7, 11) is 0. The Morgan fingerprint density at radius 1 is 0.385 bits per heavy atom. The first-order valence-electron chi connectivity index (χ1n) is 22.5. The third-order valence-corrected chi connectivity index (χ3v) is 14.3. The Morgan fingerprint density at radius 2 is 0.985 bits per heavy atom. The van der Waals surface area contributed by atoms with Gasteiger partial charge in [-0.25, -0.2) is 9.97 Å². The van der Waals surface area contributed by atoms with Gasteiger partial charge in [0.1, 0.15) is 0 Å². The van der Waals surface area contributed by atoms with Crippen molar-refractivity contribution in [2.45, 2.75) is 19.3 Å². The Balaban J connectivity index is 1.06. The summed E-state index contributed by atoms with van der Waals surface area (Å²) in [5.41, 5.74) is 17.6. The standard InChI is InChI=1S/C61H40N4/c1-61(2)47-27-10-7-23-43(47)55-46(26-16-28-48(55)61)59-58(62-49-29-11-12-30-50(49)63-59)39-19-15-20-40(35-39)64-51-31-13-9-25-45(51)57-54(64)36-38-18-4-6-22-42(38)60(57)65-52-32-14-8-24-44(52)56-41-21-5-3-17-37(41)33-34-53(56)65/h3-36H,1-2H3. The summed E-state index contributed by atoms with van der Waals surface area (Å²) in [6.45, 7) is 4.67. The van der Waals surface area contributed by atoms with Crippen LogP contribution in [-0.2, 0) is 5.41 Å². The topological polar surface area (TPSA) is 35.6 Å². The highest BCUT2D eigenvalue weighted by Crippen LogP contribution is 2.53. The van der Waals surface area contributed by atoms with Gasteiger partial charge < -0.3 is 9.13 Å². The zero-order valence-electron chi connectivity index (χ0n) is 35.9. The van der Waals surface area contributed by atoms with Crippen LogP contribution in [0.1, 0.15) is 25.0 Å². The largest absolute Gasteiger partial charge is 0.309 e. The molecular weight excluding hydrogens is 789 g/mol. The van der Waals surface area contributed by atoms with Crippen molar-refractivity contribution in [2.24, 2.45) is 0 Å². The monoisotopic (exact) mass is 828 g/mol. The van der Waals surface area contributed by atoms with Gasteiger partial charge in [-0.2, -0.15) is 0 Å². The number of hydrogen-bond donors (Lipinski definition) is 0. The van der Waals surface area contributed by atoms with Crippen LogP contribution in [0.25, 0.3) is 121 Å². The van der Waals surface area contributed by atoms with Crippen molar-refractivity contribution >= 4 is 76.2 Å². The number of aromatic nitrogens is 4. The number of benzene rings is 10. The summed E-state index contributed by atoms with van der Waals surface area (Å²) in [6.07, 6.45) is 0. The second-order valence-electron chi connectivity index (χ2n) is 18.1. The van der Waals surface area contributed by atoms with Crippen LogP contribution in [0.3, 0.4) is 0 Å². The van der Waals surface area contributed by atoms with Crippen LogP contribution in [0.2, 0.25) is 0 Å². The Kier molecular flexibility index (Phi) is 7.42. The van der Waals surface area contributed by atoms with Gasteiger partial charge in [-0.15, -0.1) is 0 Å². The zero-order chi connectivity index (χ0) is 43.0. The van der Waals surface area contributed by atoms with E-state index in [1.165, 1.54) is 82.1 Å². The average molecular weight is 829 g/mol. The molecule has 0 N–H and O–H groups in total. The average Bonchev–Trinajstić information content (AvgIpc) is 3.96. The van der Waals surface area contributed by atoms with Gasteiger partial charge in [0.15, 0.2) is 0 Å². The molecule has 3 heterocycles.